The lowest BCUT2D eigenvalue weighted by molar-refractivity contribution is 0.0963. The maximum Gasteiger partial charge on any atom is 0.251 e. The number of amides is 1. The second kappa shape index (κ2) is 8.31. The minimum absolute atomic E-state index is 0.138. The lowest BCUT2D eigenvalue weighted by Crippen LogP contribution is -2.17. The normalized spacial score (nSPS) is 10.7. The maximum atomic E-state index is 11.8. The molecular weight excluding hydrogens is 396 g/mol. The van der Waals surface area contributed by atoms with Crippen molar-refractivity contribution in [2.75, 3.05) is 26.6 Å². The fraction of sp³-hybridized carbons (Fsp3) is 0.182. The van der Waals surface area contributed by atoms with Crippen LogP contribution >= 0.6 is 0 Å². The topological polar surface area (TPSA) is 114 Å². The van der Waals surface area contributed by atoms with Gasteiger partial charge in [0.1, 0.15) is 5.65 Å². The molecule has 9 heteroatoms. The Morgan fingerprint density at radius 3 is 2.58 bits per heavy atom. The Hall–Kier alpha value is -4.14. The second-order valence-electron chi connectivity index (χ2n) is 6.81. The minimum atomic E-state index is -0.138. The number of carbonyl (C=O) groups excluding carboxylic acids is 1. The number of hydrogen-bond acceptors (Lipinski definition) is 7. The van der Waals surface area contributed by atoms with Crippen LogP contribution in [0.3, 0.4) is 0 Å². The Bertz CT molecular complexity index is 1250. The molecule has 3 aromatic heterocycles. The average Bonchev–Trinajstić information content (AvgIpc) is 3.23. The van der Waals surface area contributed by atoms with Crippen molar-refractivity contribution in [2.24, 2.45) is 0 Å². The molecule has 0 aliphatic carbocycles. The number of aromatic nitrogens is 4. The third-order valence-corrected chi connectivity index (χ3v) is 4.91. The zero-order valence-corrected chi connectivity index (χ0v) is 17.6. The Kier molecular flexibility index (Phi) is 5.40. The first-order valence-electron chi connectivity index (χ1n) is 9.57. The quantitative estimate of drug-likeness (QED) is 0.439. The zero-order chi connectivity index (χ0) is 22.0. The number of anilines is 2. The van der Waals surface area contributed by atoms with Crippen LogP contribution in [0.1, 0.15) is 15.9 Å². The summed E-state index contributed by atoms with van der Waals surface area (Å²) < 4.78 is 10.7. The molecule has 3 N–H and O–H groups in total. The number of aryl methyl sites for hydroxylation is 1. The van der Waals surface area contributed by atoms with E-state index < -0.39 is 0 Å². The number of H-pyrrole nitrogens is 1. The van der Waals surface area contributed by atoms with Crippen molar-refractivity contribution in [1.29, 1.82) is 0 Å². The van der Waals surface area contributed by atoms with E-state index >= 15 is 0 Å². The van der Waals surface area contributed by atoms with E-state index in [1.54, 1.807) is 45.7 Å². The number of hydrogen-bond donors (Lipinski definition) is 3. The highest BCUT2D eigenvalue weighted by Crippen LogP contribution is 2.35. The van der Waals surface area contributed by atoms with Crippen molar-refractivity contribution in [3.8, 4) is 22.9 Å². The molecule has 0 saturated heterocycles. The van der Waals surface area contributed by atoms with Crippen LogP contribution in [0.5, 0.6) is 11.8 Å². The van der Waals surface area contributed by atoms with Gasteiger partial charge in [0.2, 0.25) is 17.7 Å². The smallest absolute Gasteiger partial charge is 0.251 e. The summed E-state index contributed by atoms with van der Waals surface area (Å²) in [7, 11) is 4.75. The SMILES string of the molecule is CNC(=O)c1ccc(Nc2nc(OC)c3c(-c4ccc(OC)nc4)c[nH]c3n2)c(C)c1. The molecule has 4 rings (SSSR count). The molecule has 0 atom stereocenters. The first kappa shape index (κ1) is 20.1. The van der Waals surface area contributed by atoms with Gasteiger partial charge in [0.05, 0.1) is 19.6 Å². The fourth-order valence-corrected chi connectivity index (χ4v) is 3.30. The Balaban J connectivity index is 1.70. The molecule has 0 aliphatic rings. The van der Waals surface area contributed by atoms with Gasteiger partial charge in [-0.15, -0.1) is 0 Å². The summed E-state index contributed by atoms with van der Waals surface area (Å²) in [6.45, 7) is 1.91. The van der Waals surface area contributed by atoms with Crippen LogP contribution in [0.25, 0.3) is 22.2 Å². The molecule has 0 aliphatic heterocycles. The van der Waals surface area contributed by atoms with Crippen molar-refractivity contribution >= 4 is 28.6 Å². The van der Waals surface area contributed by atoms with Crippen LogP contribution < -0.4 is 20.1 Å². The predicted molar refractivity (Wildman–Crippen MR) is 118 cm³/mol. The van der Waals surface area contributed by atoms with Crippen LogP contribution in [-0.2, 0) is 0 Å². The van der Waals surface area contributed by atoms with Gasteiger partial charge in [-0.2, -0.15) is 9.97 Å². The molecule has 0 saturated carbocycles. The summed E-state index contributed by atoms with van der Waals surface area (Å²) in [4.78, 5) is 28.4. The highest BCUT2D eigenvalue weighted by molar-refractivity contribution is 5.98. The Labute approximate surface area is 178 Å². The molecule has 0 bridgehead atoms. The fourth-order valence-electron chi connectivity index (χ4n) is 3.30. The van der Waals surface area contributed by atoms with Crippen LogP contribution in [0.2, 0.25) is 0 Å². The second-order valence-corrected chi connectivity index (χ2v) is 6.81. The number of ether oxygens (including phenoxy) is 2. The Morgan fingerprint density at radius 1 is 1.10 bits per heavy atom. The van der Waals surface area contributed by atoms with E-state index in [1.807, 2.05) is 25.3 Å². The summed E-state index contributed by atoms with van der Waals surface area (Å²) in [5.74, 6) is 1.21. The number of pyridine rings is 1. The molecule has 0 unspecified atom stereocenters. The molecule has 0 fully saturated rings. The van der Waals surface area contributed by atoms with Crippen molar-refractivity contribution in [3.63, 3.8) is 0 Å². The number of carbonyl (C=O) groups is 1. The summed E-state index contributed by atoms with van der Waals surface area (Å²) in [6.07, 6.45) is 3.57. The van der Waals surface area contributed by atoms with E-state index in [0.717, 1.165) is 27.8 Å². The van der Waals surface area contributed by atoms with Crippen LogP contribution in [-0.4, -0.2) is 47.1 Å². The first-order valence-corrected chi connectivity index (χ1v) is 9.57. The van der Waals surface area contributed by atoms with Crippen LogP contribution in [0.4, 0.5) is 11.6 Å². The molecule has 0 spiro atoms. The van der Waals surface area contributed by atoms with Crippen molar-refractivity contribution in [1.82, 2.24) is 25.3 Å². The molecular formula is C22H22N6O3. The monoisotopic (exact) mass is 418 g/mol. The van der Waals surface area contributed by atoms with Gasteiger partial charge in [-0.05, 0) is 36.8 Å². The van der Waals surface area contributed by atoms with Gasteiger partial charge >= 0.3 is 0 Å². The number of rotatable bonds is 6. The zero-order valence-electron chi connectivity index (χ0n) is 17.6. The van der Waals surface area contributed by atoms with Crippen molar-refractivity contribution < 1.29 is 14.3 Å². The first-order chi connectivity index (χ1) is 15.0. The van der Waals surface area contributed by atoms with Crippen LogP contribution in [0.15, 0.2) is 42.7 Å². The maximum absolute atomic E-state index is 11.8. The largest absolute Gasteiger partial charge is 0.481 e. The van der Waals surface area contributed by atoms with Gasteiger partial charge in [0.15, 0.2) is 0 Å². The lowest BCUT2D eigenvalue weighted by Gasteiger charge is -2.11. The van der Waals surface area contributed by atoms with E-state index in [4.69, 9.17) is 9.47 Å². The van der Waals surface area contributed by atoms with Gasteiger partial charge in [-0.1, -0.05) is 0 Å². The molecule has 0 radical (unpaired) electrons. The highest BCUT2D eigenvalue weighted by Gasteiger charge is 2.17. The van der Waals surface area contributed by atoms with Crippen LogP contribution in [0, 0.1) is 6.92 Å². The Morgan fingerprint density at radius 2 is 1.94 bits per heavy atom. The average molecular weight is 418 g/mol. The van der Waals surface area contributed by atoms with E-state index in [-0.39, 0.29) is 5.91 Å². The molecule has 1 amide bonds. The summed E-state index contributed by atoms with van der Waals surface area (Å²) in [6, 6.07) is 9.08. The number of benzene rings is 1. The van der Waals surface area contributed by atoms with E-state index in [2.05, 4.69) is 30.6 Å². The molecule has 9 nitrogen and oxygen atoms in total. The third-order valence-electron chi connectivity index (χ3n) is 4.91. The van der Waals surface area contributed by atoms with Gasteiger partial charge in [0, 0.05) is 47.9 Å². The lowest BCUT2D eigenvalue weighted by atomic mass is 10.1. The van der Waals surface area contributed by atoms with Gasteiger partial charge < -0.3 is 25.1 Å². The number of nitrogens with zero attached hydrogens (tertiary/aromatic N) is 3. The summed E-state index contributed by atoms with van der Waals surface area (Å²) >= 11 is 0. The molecule has 4 aromatic rings. The van der Waals surface area contributed by atoms with Gasteiger partial charge in [-0.3, -0.25) is 4.79 Å². The van der Waals surface area contributed by atoms with E-state index in [1.165, 1.54) is 0 Å². The molecule has 1 aromatic carbocycles. The highest BCUT2D eigenvalue weighted by atomic mass is 16.5. The summed E-state index contributed by atoms with van der Waals surface area (Å²) in [5.41, 5.74) is 4.65. The van der Waals surface area contributed by atoms with Crippen molar-refractivity contribution in [2.45, 2.75) is 6.92 Å². The molecule has 31 heavy (non-hydrogen) atoms. The number of aromatic amines is 1. The number of nitrogens with one attached hydrogen (secondary N) is 3. The van der Waals surface area contributed by atoms with Gasteiger partial charge in [-0.25, -0.2) is 4.98 Å². The van der Waals surface area contributed by atoms with E-state index in [9.17, 15) is 4.79 Å². The molecule has 3 heterocycles. The van der Waals surface area contributed by atoms with Gasteiger partial charge in [0.25, 0.3) is 5.91 Å². The van der Waals surface area contributed by atoms with E-state index in [0.29, 0.717) is 28.9 Å². The standard InChI is InChI=1S/C22H22N6O3/c1-12-9-13(20(29)23-2)5-7-16(12)26-22-27-19-18(21(28-22)31-4)15(11-25-19)14-6-8-17(30-3)24-10-14/h5-11H,1-4H3,(H,23,29)(H2,25,26,27,28). The predicted octanol–water partition coefficient (Wildman–Crippen LogP) is 3.45. The minimum Gasteiger partial charge on any atom is -0.481 e. The third kappa shape index (κ3) is 3.85. The number of fused-ring (bicyclic) bond motifs is 1. The van der Waals surface area contributed by atoms with Crippen molar-refractivity contribution in [3.05, 3.63) is 53.9 Å². The summed E-state index contributed by atoms with van der Waals surface area (Å²) in [5, 5.41) is 6.58. The molecule has 158 valence electrons. The number of methoxy groups -OCH3 is 2.